The van der Waals surface area contributed by atoms with Crippen LogP contribution in [0.3, 0.4) is 0 Å². The molecule has 0 aromatic rings. The van der Waals surface area contributed by atoms with Crippen molar-refractivity contribution in [1.29, 1.82) is 0 Å². The molecule has 2 rings (SSSR count). The van der Waals surface area contributed by atoms with Gasteiger partial charge in [0.2, 0.25) is 11.8 Å². The summed E-state index contributed by atoms with van der Waals surface area (Å²) in [5.74, 6) is 0.600. The normalized spacial score (nSPS) is 19.2. The van der Waals surface area contributed by atoms with Gasteiger partial charge in [-0.2, -0.15) is 0 Å². The van der Waals surface area contributed by atoms with E-state index in [1.807, 2.05) is 11.8 Å². The van der Waals surface area contributed by atoms with Gasteiger partial charge in [-0.3, -0.25) is 9.59 Å². The molecule has 2 aliphatic heterocycles. The summed E-state index contributed by atoms with van der Waals surface area (Å²) in [6.07, 6.45) is 2.41. The van der Waals surface area contributed by atoms with E-state index in [2.05, 4.69) is 10.6 Å². The summed E-state index contributed by atoms with van der Waals surface area (Å²) in [7, 11) is 0. The molecule has 0 atom stereocenters. The van der Waals surface area contributed by atoms with Crippen LogP contribution in [-0.4, -0.2) is 62.7 Å². The molecule has 6 nitrogen and oxygen atoms in total. The molecule has 22 heavy (non-hydrogen) atoms. The summed E-state index contributed by atoms with van der Waals surface area (Å²) in [5.41, 5.74) is 0. The molecule has 0 saturated carbocycles. The van der Waals surface area contributed by atoms with Crippen molar-refractivity contribution in [3.63, 3.8) is 0 Å². The lowest BCUT2D eigenvalue weighted by Gasteiger charge is -2.36. The van der Waals surface area contributed by atoms with E-state index >= 15 is 0 Å². The fourth-order valence-electron chi connectivity index (χ4n) is 2.76. The first kappa shape index (κ1) is 19.2. The minimum atomic E-state index is 0. The standard InChI is InChI=1S/C15H27N3O3.ClH/c1-2-21-9-3-6-17-14(19)12-4-7-18(8-5-12)15(20)13-10-16-11-13;/h12-13,16H,2-11H2,1H3,(H,17,19);1H. The Morgan fingerprint density at radius 1 is 1.23 bits per heavy atom. The third kappa shape index (κ3) is 5.41. The Hall–Kier alpha value is -0.850. The van der Waals surface area contributed by atoms with Gasteiger partial charge in [-0.15, -0.1) is 12.4 Å². The number of rotatable bonds is 7. The number of amides is 2. The van der Waals surface area contributed by atoms with Crippen molar-refractivity contribution in [2.24, 2.45) is 11.8 Å². The predicted octanol–water partition coefficient (Wildman–Crippen LogP) is 0.409. The van der Waals surface area contributed by atoms with Crippen molar-refractivity contribution in [2.45, 2.75) is 26.2 Å². The summed E-state index contributed by atoms with van der Waals surface area (Å²) in [4.78, 5) is 26.1. The molecule has 0 radical (unpaired) electrons. The number of piperidine rings is 1. The average molecular weight is 334 g/mol. The van der Waals surface area contributed by atoms with E-state index in [1.54, 1.807) is 0 Å². The van der Waals surface area contributed by atoms with Crippen LogP contribution in [0.5, 0.6) is 0 Å². The zero-order valence-electron chi connectivity index (χ0n) is 13.3. The van der Waals surface area contributed by atoms with Crippen LogP contribution in [0, 0.1) is 11.8 Å². The van der Waals surface area contributed by atoms with Gasteiger partial charge in [-0.1, -0.05) is 0 Å². The highest BCUT2D eigenvalue weighted by Gasteiger charge is 2.32. The Balaban J connectivity index is 0.00000242. The highest BCUT2D eigenvalue weighted by molar-refractivity contribution is 5.85. The maximum absolute atomic E-state index is 12.1. The lowest BCUT2D eigenvalue weighted by Crippen LogP contribution is -2.54. The Morgan fingerprint density at radius 2 is 1.91 bits per heavy atom. The van der Waals surface area contributed by atoms with Crippen LogP contribution in [-0.2, 0) is 14.3 Å². The van der Waals surface area contributed by atoms with Crippen LogP contribution >= 0.6 is 12.4 Å². The van der Waals surface area contributed by atoms with Gasteiger partial charge in [0, 0.05) is 51.9 Å². The van der Waals surface area contributed by atoms with Crippen molar-refractivity contribution in [2.75, 3.05) is 45.9 Å². The van der Waals surface area contributed by atoms with Crippen LogP contribution in [0.4, 0.5) is 0 Å². The van der Waals surface area contributed by atoms with Crippen molar-refractivity contribution >= 4 is 24.2 Å². The maximum atomic E-state index is 12.1. The summed E-state index contributed by atoms with van der Waals surface area (Å²) < 4.78 is 5.24. The maximum Gasteiger partial charge on any atom is 0.228 e. The molecule has 2 aliphatic rings. The monoisotopic (exact) mass is 333 g/mol. The Bertz CT molecular complexity index is 356. The summed E-state index contributed by atoms with van der Waals surface area (Å²) in [5, 5.41) is 6.09. The molecule has 2 fully saturated rings. The Morgan fingerprint density at radius 3 is 2.45 bits per heavy atom. The van der Waals surface area contributed by atoms with Gasteiger partial charge in [0.1, 0.15) is 0 Å². The van der Waals surface area contributed by atoms with E-state index in [0.717, 1.165) is 39.0 Å². The smallest absolute Gasteiger partial charge is 0.228 e. The van der Waals surface area contributed by atoms with Gasteiger partial charge in [0.15, 0.2) is 0 Å². The second kappa shape index (κ2) is 10.0. The number of hydrogen-bond acceptors (Lipinski definition) is 4. The van der Waals surface area contributed by atoms with Crippen LogP contribution in [0.2, 0.25) is 0 Å². The first-order valence-electron chi connectivity index (χ1n) is 8.07. The number of carbonyl (C=O) groups is 2. The molecule has 2 heterocycles. The van der Waals surface area contributed by atoms with Crippen LogP contribution in [0.1, 0.15) is 26.2 Å². The van der Waals surface area contributed by atoms with Gasteiger partial charge in [-0.25, -0.2) is 0 Å². The molecule has 0 unspecified atom stereocenters. The number of halogens is 1. The minimum Gasteiger partial charge on any atom is -0.382 e. The third-order valence-corrected chi connectivity index (χ3v) is 4.28. The van der Waals surface area contributed by atoms with E-state index in [9.17, 15) is 9.59 Å². The molecule has 0 aliphatic carbocycles. The van der Waals surface area contributed by atoms with Crippen molar-refractivity contribution < 1.29 is 14.3 Å². The number of carbonyl (C=O) groups excluding carboxylic acids is 2. The van der Waals surface area contributed by atoms with E-state index in [1.165, 1.54) is 0 Å². The van der Waals surface area contributed by atoms with Gasteiger partial charge < -0.3 is 20.3 Å². The number of likely N-dealkylation sites (tertiary alicyclic amines) is 1. The molecule has 0 aromatic carbocycles. The molecule has 7 heteroatoms. The van der Waals surface area contributed by atoms with Crippen molar-refractivity contribution in [3.8, 4) is 0 Å². The van der Waals surface area contributed by atoms with Gasteiger partial charge in [0.25, 0.3) is 0 Å². The number of ether oxygens (including phenoxy) is 1. The molecular formula is C15H28ClN3O3. The van der Waals surface area contributed by atoms with Crippen molar-refractivity contribution in [1.82, 2.24) is 15.5 Å². The second-order valence-electron chi connectivity index (χ2n) is 5.80. The number of nitrogens with one attached hydrogen (secondary N) is 2. The molecule has 2 saturated heterocycles. The van der Waals surface area contributed by atoms with E-state index in [0.29, 0.717) is 26.2 Å². The van der Waals surface area contributed by atoms with Gasteiger partial charge in [0.05, 0.1) is 5.92 Å². The van der Waals surface area contributed by atoms with Gasteiger partial charge in [-0.05, 0) is 26.2 Å². The van der Waals surface area contributed by atoms with Crippen LogP contribution in [0.25, 0.3) is 0 Å². The summed E-state index contributed by atoms with van der Waals surface area (Å²) in [6.45, 7) is 7.09. The highest BCUT2D eigenvalue weighted by atomic mass is 35.5. The van der Waals surface area contributed by atoms with Crippen LogP contribution in [0.15, 0.2) is 0 Å². The number of nitrogens with zero attached hydrogens (tertiary/aromatic N) is 1. The summed E-state index contributed by atoms with van der Waals surface area (Å²) in [6, 6.07) is 0. The quantitative estimate of drug-likeness (QED) is 0.662. The fraction of sp³-hybridized carbons (Fsp3) is 0.867. The largest absolute Gasteiger partial charge is 0.382 e. The fourth-order valence-corrected chi connectivity index (χ4v) is 2.76. The SMILES string of the molecule is CCOCCCNC(=O)C1CCN(C(=O)C2CNC2)CC1.Cl. The molecule has 0 aromatic heterocycles. The predicted molar refractivity (Wildman–Crippen MR) is 87.0 cm³/mol. The van der Waals surface area contributed by atoms with E-state index in [-0.39, 0.29) is 36.1 Å². The molecule has 128 valence electrons. The molecule has 2 amide bonds. The first-order chi connectivity index (χ1) is 10.2. The average Bonchev–Trinajstić information content (AvgIpc) is 2.45. The Kier molecular flexibility index (Phi) is 8.75. The highest BCUT2D eigenvalue weighted by Crippen LogP contribution is 2.20. The van der Waals surface area contributed by atoms with E-state index in [4.69, 9.17) is 4.74 Å². The topological polar surface area (TPSA) is 70.7 Å². The first-order valence-corrected chi connectivity index (χ1v) is 8.07. The third-order valence-electron chi connectivity index (χ3n) is 4.28. The van der Waals surface area contributed by atoms with Crippen molar-refractivity contribution in [3.05, 3.63) is 0 Å². The lowest BCUT2D eigenvalue weighted by atomic mass is 9.93. The number of hydrogen-bond donors (Lipinski definition) is 2. The second-order valence-corrected chi connectivity index (χ2v) is 5.80. The van der Waals surface area contributed by atoms with Gasteiger partial charge >= 0.3 is 0 Å². The minimum absolute atomic E-state index is 0. The Labute approximate surface area is 138 Å². The van der Waals surface area contributed by atoms with Crippen LogP contribution < -0.4 is 10.6 Å². The lowest BCUT2D eigenvalue weighted by molar-refractivity contribution is -0.140. The summed E-state index contributed by atoms with van der Waals surface area (Å²) >= 11 is 0. The molecule has 2 N–H and O–H groups in total. The zero-order chi connectivity index (χ0) is 15.1. The molecular weight excluding hydrogens is 306 g/mol. The molecule has 0 spiro atoms. The zero-order valence-corrected chi connectivity index (χ0v) is 14.1. The van der Waals surface area contributed by atoms with E-state index < -0.39 is 0 Å². The molecule has 0 bridgehead atoms.